The van der Waals surface area contributed by atoms with E-state index < -0.39 is 0 Å². The summed E-state index contributed by atoms with van der Waals surface area (Å²) < 4.78 is 15.8. The Morgan fingerprint density at radius 3 is 2.70 bits per heavy atom. The quantitative estimate of drug-likeness (QED) is 0.785. The third kappa shape index (κ3) is 3.39. The van der Waals surface area contributed by atoms with Crippen LogP contribution in [0, 0.1) is 0 Å². The van der Waals surface area contributed by atoms with Gasteiger partial charge in [0.1, 0.15) is 0 Å². The van der Waals surface area contributed by atoms with E-state index in [-0.39, 0.29) is 0 Å². The monoisotopic (exact) mass is 278 g/mol. The van der Waals surface area contributed by atoms with Gasteiger partial charge < -0.3 is 24.9 Å². The van der Waals surface area contributed by atoms with Gasteiger partial charge in [-0.15, -0.1) is 5.10 Å². The summed E-state index contributed by atoms with van der Waals surface area (Å²) in [6.07, 6.45) is 0.574. The number of benzene rings is 1. The van der Waals surface area contributed by atoms with Crippen molar-refractivity contribution in [3.8, 4) is 11.5 Å². The third-order valence-corrected chi connectivity index (χ3v) is 2.72. The Morgan fingerprint density at radius 2 is 2.00 bits per heavy atom. The first kappa shape index (κ1) is 14.1. The number of nitrogens with zero attached hydrogens (tertiary/aromatic N) is 2. The van der Waals surface area contributed by atoms with E-state index in [9.17, 15) is 0 Å². The van der Waals surface area contributed by atoms with Gasteiger partial charge in [-0.2, -0.15) is 0 Å². The number of hydrogen-bond donors (Lipinski definition) is 2. The van der Waals surface area contributed by atoms with Crippen molar-refractivity contribution in [3.63, 3.8) is 0 Å². The maximum absolute atomic E-state index is 5.42. The van der Waals surface area contributed by atoms with Gasteiger partial charge in [-0.05, 0) is 17.7 Å². The Kier molecular flexibility index (Phi) is 4.78. The van der Waals surface area contributed by atoms with Gasteiger partial charge in [-0.25, -0.2) is 0 Å². The lowest BCUT2D eigenvalue weighted by atomic mass is 10.2. The Labute approximate surface area is 117 Å². The van der Waals surface area contributed by atoms with Crippen LogP contribution in [-0.4, -0.2) is 31.0 Å². The van der Waals surface area contributed by atoms with Gasteiger partial charge >= 0.3 is 6.01 Å². The molecule has 3 N–H and O–H groups in total. The highest BCUT2D eigenvalue weighted by molar-refractivity contribution is 5.43. The van der Waals surface area contributed by atoms with Gasteiger partial charge in [-0.3, -0.25) is 0 Å². The summed E-state index contributed by atoms with van der Waals surface area (Å²) >= 11 is 0. The highest BCUT2D eigenvalue weighted by Gasteiger charge is 2.07. The van der Waals surface area contributed by atoms with Crippen molar-refractivity contribution < 1.29 is 13.9 Å². The van der Waals surface area contributed by atoms with E-state index >= 15 is 0 Å². The molecule has 20 heavy (non-hydrogen) atoms. The predicted octanol–water partition coefficient (Wildman–Crippen LogP) is 1.20. The van der Waals surface area contributed by atoms with Crippen molar-refractivity contribution in [1.29, 1.82) is 0 Å². The zero-order valence-electron chi connectivity index (χ0n) is 11.5. The van der Waals surface area contributed by atoms with Crippen molar-refractivity contribution in [2.24, 2.45) is 5.73 Å². The average molecular weight is 278 g/mol. The van der Waals surface area contributed by atoms with E-state index in [1.165, 1.54) is 0 Å². The van der Waals surface area contributed by atoms with Gasteiger partial charge in [-0.1, -0.05) is 11.2 Å². The molecule has 7 heteroatoms. The lowest BCUT2D eigenvalue weighted by Crippen LogP contribution is -2.02. The SMILES string of the molecule is COc1ccc(CNc2nnc(CCN)o2)cc1OC. The molecule has 2 aromatic rings. The summed E-state index contributed by atoms with van der Waals surface area (Å²) in [4.78, 5) is 0. The minimum Gasteiger partial charge on any atom is -0.493 e. The molecule has 0 fully saturated rings. The van der Waals surface area contributed by atoms with E-state index in [0.717, 1.165) is 5.56 Å². The maximum atomic E-state index is 5.42. The van der Waals surface area contributed by atoms with Crippen LogP contribution in [-0.2, 0) is 13.0 Å². The fourth-order valence-electron chi connectivity index (χ4n) is 1.72. The van der Waals surface area contributed by atoms with Gasteiger partial charge in [0.25, 0.3) is 0 Å². The number of ether oxygens (including phenoxy) is 2. The smallest absolute Gasteiger partial charge is 0.315 e. The van der Waals surface area contributed by atoms with E-state index in [4.69, 9.17) is 19.6 Å². The Hall–Kier alpha value is -2.28. The minimum atomic E-state index is 0.378. The van der Waals surface area contributed by atoms with E-state index in [1.54, 1.807) is 14.2 Å². The molecule has 0 spiro atoms. The van der Waals surface area contributed by atoms with Gasteiger partial charge in [0, 0.05) is 19.5 Å². The number of nitrogens with one attached hydrogen (secondary N) is 1. The number of nitrogens with two attached hydrogens (primary N) is 1. The Balaban J connectivity index is 1.99. The highest BCUT2D eigenvalue weighted by Crippen LogP contribution is 2.27. The molecular weight excluding hydrogens is 260 g/mol. The van der Waals surface area contributed by atoms with Crippen molar-refractivity contribution in [2.45, 2.75) is 13.0 Å². The molecule has 0 saturated carbocycles. The average Bonchev–Trinajstić information content (AvgIpc) is 2.93. The summed E-state index contributed by atoms with van der Waals surface area (Å²) in [6, 6.07) is 6.06. The molecule has 7 nitrogen and oxygen atoms in total. The van der Waals surface area contributed by atoms with Crippen LogP contribution < -0.4 is 20.5 Å². The predicted molar refractivity (Wildman–Crippen MR) is 73.9 cm³/mol. The highest BCUT2D eigenvalue weighted by atomic mass is 16.5. The maximum Gasteiger partial charge on any atom is 0.315 e. The largest absolute Gasteiger partial charge is 0.493 e. The van der Waals surface area contributed by atoms with Crippen molar-refractivity contribution in [3.05, 3.63) is 29.7 Å². The van der Waals surface area contributed by atoms with Crippen molar-refractivity contribution >= 4 is 6.01 Å². The lowest BCUT2D eigenvalue weighted by molar-refractivity contribution is 0.354. The molecule has 0 aliphatic carbocycles. The number of hydrogen-bond acceptors (Lipinski definition) is 7. The zero-order chi connectivity index (χ0) is 14.4. The molecular formula is C13H18N4O3. The summed E-state index contributed by atoms with van der Waals surface area (Å²) in [5.41, 5.74) is 6.44. The van der Waals surface area contributed by atoms with E-state index in [2.05, 4.69) is 15.5 Å². The van der Waals surface area contributed by atoms with Gasteiger partial charge in [0.15, 0.2) is 11.5 Å². The third-order valence-electron chi connectivity index (χ3n) is 2.72. The van der Waals surface area contributed by atoms with Crippen LogP contribution in [0.3, 0.4) is 0 Å². The second kappa shape index (κ2) is 6.76. The number of methoxy groups -OCH3 is 2. The summed E-state index contributed by atoms with van der Waals surface area (Å²) in [5.74, 6) is 1.91. The summed E-state index contributed by atoms with van der Waals surface area (Å²) in [6.45, 7) is 1.03. The van der Waals surface area contributed by atoms with Crippen LogP contribution in [0.25, 0.3) is 0 Å². The van der Waals surface area contributed by atoms with Crippen LogP contribution in [0.1, 0.15) is 11.5 Å². The van der Waals surface area contributed by atoms with Crippen LogP contribution in [0.4, 0.5) is 6.01 Å². The topological polar surface area (TPSA) is 95.4 Å². The molecule has 0 amide bonds. The normalized spacial score (nSPS) is 10.3. The molecule has 0 saturated heterocycles. The van der Waals surface area contributed by atoms with Crippen LogP contribution in [0.5, 0.6) is 11.5 Å². The molecule has 2 rings (SSSR count). The van der Waals surface area contributed by atoms with E-state index in [0.29, 0.717) is 42.9 Å². The number of anilines is 1. The van der Waals surface area contributed by atoms with Crippen LogP contribution in [0.15, 0.2) is 22.6 Å². The van der Waals surface area contributed by atoms with Crippen molar-refractivity contribution in [2.75, 3.05) is 26.1 Å². The molecule has 0 aliphatic heterocycles. The molecule has 1 aromatic heterocycles. The molecule has 0 radical (unpaired) electrons. The van der Waals surface area contributed by atoms with Gasteiger partial charge in [0.05, 0.1) is 14.2 Å². The second-order valence-corrected chi connectivity index (χ2v) is 4.08. The lowest BCUT2D eigenvalue weighted by Gasteiger charge is -2.09. The number of aromatic nitrogens is 2. The molecule has 0 bridgehead atoms. The molecule has 1 aromatic carbocycles. The first-order valence-electron chi connectivity index (χ1n) is 6.24. The Morgan fingerprint density at radius 1 is 1.20 bits per heavy atom. The van der Waals surface area contributed by atoms with Gasteiger partial charge in [0.2, 0.25) is 5.89 Å². The standard InChI is InChI=1S/C13H18N4O3/c1-18-10-4-3-9(7-11(10)19-2)8-15-13-17-16-12(20-13)5-6-14/h3-4,7H,5-6,8,14H2,1-2H3,(H,15,17). The summed E-state index contributed by atoms with van der Waals surface area (Å²) in [5, 5.41) is 10.8. The minimum absolute atomic E-state index is 0.378. The first-order valence-corrected chi connectivity index (χ1v) is 6.24. The molecule has 1 heterocycles. The van der Waals surface area contributed by atoms with Crippen molar-refractivity contribution in [1.82, 2.24) is 10.2 Å². The van der Waals surface area contributed by atoms with Crippen LogP contribution >= 0.6 is 0 Å². The van der Waals surface area contributed by atoms with Crippen LogP contribution in [0.2, 0.25) is 0 Å². The molecule has 0 aliphatic rings. The van der Waals surface area contributed by atoms with E-state index in [1.807, 2.05) is 18.2 Å². The Bertz CT molecular complexity index is 556. The zero-order valence-corrected chi connectivity index (χ0v) is 11.5. The first-order chi connectivity index (χ1) is 9.76. The fraction of sp³-hybridized carbons (Fsp3) is 0.385. The number of rotatable bonds is 7. The molecule has 0 atom stereocenters. The molecule has 108 valence electrons. The summed E-state index contributed by atoms with van der Waals surface area (Å²) in [7, 11) is 3.21. The second-order valence-electron chi connectivity index (χ2n) is 4.08. The fourth-order valence-corrected chi connectivity index (χ4v) is 1.72. The molecule has 0 unspecified atom stereocenters.